The molecule has 0 radical (unpaired) electrons. The number of halogens is 2. The van der Waals surface area contributed by atoms with Gasteiger partial charge in [-0.1, -0.05) is 24.3 Å². The summed E-state index contributed by atoms with van der Waals surface area (Å²) in [6, 6.07) is 13.3. The van der Waals surface area contributed by atoms with E-state index in [0.29, 0.717) is 10.1 Å². The van der Waals surface area contributed by atoms with Gasteiger partial charge in [0.25, 0.3) is 0 Å². The van der Waals surface area contributed by atoms with E-state index >= 15 is 0 Å². The third kappa shape index (κ3) is 3.57. The van der Waals surface area contributed by atoms with Crippen molar-refractivity contribution >= 4 is 28.3 Å². The van der Waals surface area contributed by atoms with E-state index in [9.17, 15) is 4.39 Å². The highest BCUT2D eigenvalue weighted by Gasteiger charge is 2.12. The number of ether oxygens (including phenoxy) is 1. The SMILES string of the molecule is COc1c(CNNc2ccccc2)ccc(I)c1F. The summed E-state index contributed by atoms with van der Waals surface area (Å²) >= 11 is 1.95. The van der Waals surface area contributed by atoms with Crippen molar-refractivity contribution in [2.75, 3.05) is 12.5 Å². The van der Waals surface area contributed by atoms with Crippen LogP contribution in [0.25, 0.3) is 0 Å². The maximum Gasteiger partial charge on any atom is 0.178 e. The number of benzene rings is 2. The fourth-order valence-corrected chi connectivity index (χ4v) is 2.12. The van der Waals surface area contributed by atoms with Crippen molar-refractivity contribution in [3.63, 3.8) is 0 Å². The number of hydrogen-bond acceptors (Lipinski definition) is 3. The zero-order chi connectivity index (χ0) is 13.7. The molecule has 5 heteroatoms. The second kappa shape index (κ2) is 6.72. The molecule has 3 nitrogen and oxygen atoms in total. The van der Waals surface area contributed by atoms with Crippen LogP contribution in [0.1, 0.15) is 5.56 Å². The highest BCUT2D eigenvalue weighted by atomic mass is 127. The second-order valence-electron chi connectivity index (χ2n) is 3.90. The lowest BCUT2D eigenvalue weighted by Crippen LogP contribution is -2.21. The third-order valence-corrected chi connectivity index (χ3v) is 3.45. The molecule has 0 bridgehead atoms. The van der Waals surface area contributed by atoms with Crippen molar-refractivity contribution in [1.29, 1.82) is 0 Å². The largest absolute Gasteiger partial charge is 0.493 e. The first-order valence-electron chi connectivity index (χ1n) is 5.77. The summed E-state index contributed by atoms with van der Waals surface area (Å²) in [5.74, 6) is -0.0311. The molecule has 2 aromatic rings. The van der Waals surface area contributed by atoms with Crippen LogP contribution in [0.3, 0.4) is 0 Å². The summed E-state index contributed by atoms with van der Waals surface area (Å²) in [4.78, 5) is 0. The number of hydrogen-bond donors (Lipinski definition) is 2. The van der Waals surface area contributed by atoms with E-state index in [-0.39, 0.29) is 11.6 Å². The molecule has 2 aromatic carbocycles. The Hall–Kier alpha value is -1.34. The molecule has 0 aliphatic rings. The summed E-state index contributed by atoms with van der Waals surface area (Å²) in [5, 5.41) is 0. The van der Waals surface area contributed by atoms with Crippen LogP contribution in [-0.4, -0.2) is 7.11 Å². The van der Waals surface area contributed by atoms with E-state index in [2.05, 4.69) is 10.9 Å². The van der Waals surface area contributed by atoms with E-state index in [1.165, 1.54) is 7.11 Å². The summed E-state index contributed by atoms with van der Waals surface area (Å²) in [7, 11) is 1.47. The second-order valence-corrected chi connectivity index (χ2v) is 5.06. The molecule has 0 saturated heterocycles. The van der Waals surface area contributed by atoms with Crippen molar-refractivity contribution in [3.8, 4) is 5.75 Å². The quantitative estimate of drug-likeness (QED) is 0.622. The summed E-state index contributed by atoms with van der Waals surface area (Å²) in [6.45, 7) is 0.464. The van der Waals surface area contributed by atoms with E-state index in [1.54, 1.807) is 6.07 Å². The van der Waals surface area contributed by atoms with Crippen LogP contribution >= 0.6 is 22.6 Å². The number of methoxy groups -OCH3 is 1. The van der Waals surface area contributed by atoms with Gasteiger partial charge in [0.15, 0.2) is 11.6 Å². The number of para-hydroxylation sites is 1. The van der Waals surface area contributed by atoms with Gasteiger partial charge in [0, 0.05) is 17.8 Å². The Kier molecular flexibility index (Phi) is 4.98. The molecule has 19 heavy (non-hydrogen) atoms. The van der Waals surface area contributed by atoms with E-state index < -0.39 is 0 Å². The Bertz CT molecular complexity index is 549. The highest BCUT2D eigenvalue weighted by molar-refractivity contribution is 14.1. The monoisotopic (exact) mass is 372 g/mol. The molecule has 2 rings (SSSR count). The zero-order valence-electron chi connectivity index (χ0n) is 10.4. The van der Waals surface area contributed by atoms with Crippen molar-refractivity contribution in [2.45, 2.75) is 6.54 Å². The fourth-order valence-electron chi connectivity index (χ4n) is 1.69. The molecule has 0 aliphatic heterocycles. The van der Waals surface area contributed by atoms with Crippen LogP contribution in [0.4, 0.5) is 10.1 Å². The van der Waals surface area contributed by atoms with Crippen LogP contribution in [0.2, 0.25) is 0 Å². The molecular formula is C14H14FIN2O. The van der Waals surface area contributed by atoms with Crippen molar-refractivity contribution in [2.24, 2.45) is 0 Å². The summed E-state index contributed by atoms with van der Waals surface area (Å²) < 4.78 is 19.5. The average Bonchev–Trinajstić information content (AvgIpc) is 2.44. The first kappa shape index (κ1) is 14.1. The van der Waals surface area contributed by atoms with Gasteiger partial charge in [0.1, 0.15) is 0 Å². The highest BCUT2D eigenvalue weighted by Crippen LogP contribution is 2.26. The van der Waals surface area contributed by atoms with Crippen LogP contribution < -0.4 is 15.6 Å². The molecule has 100 valence electrons. The van der Waals surface area contributed by atoms with Gasteiger partial charge in [-0.05, 0) is 40.8 Å². The standard InChI is InChI=1S/C14H14FIN2O/c1-19-14-10(7-8-12(16)13(14)15)9-17-18-11-5-3-2-4-6-11/h2-8,17-18H,9H2,1H3. The summed E-state index contributed by atoms with van der Waals surface area (Å²) in [6.07, 6.45) is 0. The molecule has 0 atom stereocenters. The molecule has 0 spiro atoms. The van der Waals surface area contributed by atoms with Crippen molar-refractivity contribution < 1.29 is 9.13 Å². The first-order valence-corrected chi connectivity index (χ1v) is 6.85. The van der Waals surface area contributed by atoms with E-state index in [4.69, 9.17) is 4.74 Å². The molecule has 0 fully saturated rings. The van der Waals surface area contributed by atoms with Gasteiger partial charge in [0.2, 0.25) is 0 Å². The minimum absolute atomic E-state index is 0.286. The van der Waals surface area contributed by atoms with E-state index in [1.807, 2.05) is 59.0 Å². The number of rotatable bonds is 5. The predicted molar refractivity (Wildman–Crippen MR) is 82.6 cm³/mol. The molecule has 0 aromatic heterocycles. The number of nitrogens with one attached hydrogen (secondary N) is 2. The molecule has 0 aliphatic carbocycles. The smallest absolute Gasteiger partial charge is 0.178 e. The van der Waals surface area contributed by atoms with Crippen molar-refractivity contribution in [3.05, 3.63) is 57.4 Å². The third-order valence-electron chi connectivity index (χ3n) is 2.62. The van der Waals surface area contributed by atoms with Crippen LogP contribution in [-0.2, 0) is 6.54 Å². The molecule has 0 heterocycles. The zero-order valence-corrected chi connectivity index (χ0v) is 12.6. The molecular weight excluding hydrogens is 358 g/mol. The lowest BCUT2D eigenvalue weighted by molar-refractivity contribution is 0.379. The number of anilines is 1. The lowest BCUT2D eigenvalue weighted by atomic mass is 10.2. The maximum atomic E-state index is 13.8. The summed E-state index contributed by atoms with van der Waals surface area (Å²) in [5.41, 5.74) is 7.81. The molecule has 0 unspecified atom stereocenters. The molecule has 2 N–H and O–H groups in total. The van der Waals surface area contributed by atoms with Gasteiger partial charge >= 0.3 is 0 Å². The first-order chi connectivity index (χ1) is 9.22. The van der Waals surface area contributed by atoms with Gasteiger partial charge in [-0.15, -0.1) is 0 Å². The van der Waals surface area contributed by atoms with Gasteiger partial charge in [0.05, 0.1) is 10.7 Å². The van der Waals surface area contributed by atoms with Crippen LogP contribution in [0.15, 0.2) is 42.5 Å². The predicted octanol–water partition coefficient (Wildman–Crippen LogP) is 3.56. The maximum absolute atomic E-state index is 13.8. The van der Waals surface area contributed by atoms with Gasteiger partial charge in [-0.25, -0.2) is 9.82 Å². The normalized spacial score (nSPS) is 10.3. The molecule has 0 saturated carbocycles. The fraction of sp³-hybridized carbons (Fsp3) is 0.143. The van der Waals surface area contributed by atoms with Gasteiger partial charge < -0.3 is 10.2 Å². The van der Waals surface area contributed by atoms with Crippen LogP contribution in [0.5, 0.6) is 5.75 Å². The Morgan fingerprint density at radius 1 is 1.16 bits per heavy atom. The molecule has 0 amide bonds. The Morgan fingerprint density at radius 2 is 1.89 bits per heavy atom. The van der Waals surface area contributed by atoms with Gasteiger partial charge in [-0.2, -0.15) is 0 Å². The lowest BCUT2D eigenvalue weighted by Gasteiger charge is -2.12. The van der Waals surface area contributed by atoms with E-state index in [0.717, 1.165) is 11.3 Å². The topological polar surface area (TPSA) is 33.3 Å². The Balaban J connectivity index is 2.02. The average molecular weight is 372 g/mol. The Morgan fingerprint density at radius 3 is 2.58 bits per heavy atom. The minimum atomic E-state index is -0.317. The minimum Gasteiger partial charge on any atom is -0.493 e. The van der Waals surface area contributed by atoms with Gasteiger partial charge in [-0.3, -0.25) is 0 Å². The van der Waals surface area contributed by atoms with Crippen molar-refractivity contribution in [1.82, 2.24) is 5.43 Å². The number of hydrazine groups is 1. The Labute approximate surface area is 125 Å². The van der Waals surface area contributed by atoms with Crippen LogP contribution in [0, 0.1) is 9.39 Å².